The lowest BCUT2D eigenvalue weighted by Crippen LogP contribution is -2.10. The van der Waals surface area contributed by atoms with Crippen molar-refractivity contribution in [2.24, 2.45) is 0 Å². The Bertz CT molecular complexity index is 220. The highest BCUT2D eigenvalue weighted by atomic mass is 16.3. The molecule has 1 rings (SSSR count). The topological polar surface area (TPSA) is 20.2 Å². The molecule has 18 heavy (non-hydrogen) atoms. The predicted molar refractivity (Wildman–Crippen MR) is 79.8 cm³/mol. The molecule has 1 aliphatic rings. The number of aliphatic hydroxyl groups is 1. The fourth-order valence-electron chi connectivity index (χ4n) is 2.82. The fourth-order valence-corrected chi connectivity index (χ4v) is 2.82. The first-order chi connectivity index (χ1) is 8.84. The van der Waals surface area contributed by atoms with Crippen molar-refractivity contribution in [2.45, 2.75) is 96.5 Å². The summed E-state index contributed by atoms with van der Waals surface area (Å²) in [6.07, 6.45) is 18.7. The minimum absolute atomic E-state index is 0.140. The normalized spacial score (nSPS) is 18.2. The van der Waals surface area contributed by atoms with E-state index in [-0.39, 0.29) is 6.10 Å². The van der Waals surface area contributed by atoms with Crippen LogP contribution in [-0.2, 0) is 0 Å². The van der Waals surface area contributed by atoms with Crippen LogP contribution in [0.5, 0.6) is 0 Å². The SMILES string of the molecule is CCCCCCCCCC(O)C1=CCCCCC1. The molecule has 1 atom stereocenters. The quantitative estimate of drug-likeness (QED) is 0.431. The second-order valence-corrected chi connectivity index (χ2v) is 5.80. The molecular weight excluding hydrogens is 220 g/mol. The van der Waals surface area contributed by atoms with Gasteiger partial charge < -0.3 is 5.11 Å². The molecule has 1 aliphatic carbocycles. The molecule has 0 aromatic heterocycles. The van der Waals surface area contributed by atoms with Crippen molar-refractivity contribution in [1.82, 2.24) is 0 Å². The maximum atomic E-state index is 10.2. The molecule has 0 aromatic carbocycles. The Balaban J connectivity index is 2.02. The number of unbranched alkanes of at least 4 members (excludes halogenated alkanes) is 6. The lowest BCUT2D eigenvalue weighted by molar-refractivity contribution is 0.191. The lowest BCUT2D eigenvalue weighted by atomic mass is 9.98. The molecular formula is C17H32O. The highest BCUT2D eigenvalue weighted by Crippen LogP contribution is 2.22. The van der Waals surface area contributed by atoms with E-state index in [0.29, 0.717) is 0 Å². The van der Waals surface area contributed by atoms with Gasteiger partial charge in [-0.1, -0.05) is 64.4 Å². The van der Waals surface area contributed by atoms with Crippen LogP contribution in [0.1, 0.15) is 90.4 Å². The van der Waals surface area contributed by atoms with Crippen molar-refractivity contribution in [1.29, 1.82) is 0 Å². The second-order valence-electron chi connectivity index (χ2n) is 5.80. The van der Waals surface area contributed by atoms with Crippen molar-refractivity contribution >= 4 is 0 Å². The smallest absolute Gasteiger partial charge is 0.0750 e. The summed E-state index contributed by atoms with van der Waals surface area (Å²) in [4.78, 5) is 0. The van der Waals surface area contributed by atoms with Crippen LogP contribution >= 0.6 is 0 Å². The molecule has 1 N–H and O–H groups in total. The summed E-state index contributed by atoms with van der Waals surface area (Å²) in [5.41, 5.74) is 1.33. The molecule has 0 spiro atoms. The van der Waals surface area contributed by atoms with Crippen LogP contribution in [0.4, 0.5) is 0 Å². The number of hydrogen-bond donors (Lipinski definition) is 1. The van der Waals surface area contributed by atoms with Gasteiger partial charge in [-0.15, -0.1) is 0 Å². The van der Waals surface area contributed by atoms with E-state index in [4.69, 9.17) is 0 Å². The molecule has 0 radical (unpaired) electrons. The molecule has 0 fully saturated rings. The number of rotatable bonds is 9. The summed E-state index contributed by atoms with van der Waals surface area (Å²) < 4.78 is 0. The average Bonchev–Trinajstić information content (AvgIpc) is 2.66. The van der Waals surface area contributed by atoms with E-state index < -0.39 is 0 Å². The average molecular weight is 252 g/mol. The molecule has 106 valence electrons. The Kier molecular flexibility index (Phi) is 9.28. The standard InChI is InChI=1S/C17H32O/c1-2-3-4-5-6-7-12-15-17(18)16-13-10-8-9-11-14-16/h13,17-18H,2-12,14-15H2,1H3. The summed E-state index contributed by atoms with van der Waals surface area (Å²) in [7, 11) is 0. The van der Waals surface area contributed by atoms with Crippen molar-refractivity contribution < 1.29 is 5.11 Å². The number of allylic oxidation sites excluding steroid dienone is 1. The molecule has 0 aromatic rings. The monoisotopic (exact) mass is 252 g/mol. The van der Waals surface area contributed by atoms with Crippen molar-refractivity contribution in [3.63, 3.8) is 0 Å². The predicted octanol–water partition coefficient (Wildman–Crippen LogP) is 5.38. The lowest BCUT2D eigenvalue weighted by Gasteiger charge is -2.14. The van der Waals surface area contributed by atoms with E-state index in [1.165, 1.54) is 76.2 Å². The van der Waals surface area contributed by atoms with Crippen LogP contribution in [0.2, 0.25) is 0 Å². The first-order valence-corrected chi connectivity index (χ1v) is 8.21. The molecule has 0 bridgehead atoms. The largest absolute Gasteiger partial charge is 0.389 e. The van der Waals surface area contributed by atoms with E-state index in [2.05, 4.69) is 13.0 Å². The van der Waals surface area contributed by atoms with Gasteiger partial charge in [-0.3, -0.25) is 0 Å². The molecule has 0 amide bonds. The fraction of sp³-hybridized carbons (Fsp3) is 0.882. The Hall–Kier alpha value is -0.300. The first-order valence-electron chi connectivity index (χ1n) is 8.21. The zero-order valence-electron chi connectivity index (χ0n) is 12.3. The number of hydrogen-bond acceptors (Lipinski definition) is 1. The van der Waals surface area contributed by atoms with Gasteiger partial charge in [0.25, 0.3) is 0 Å². The summed E-state index contributed by atoms with van der Waals surface area (Å²) in [6, 6.07) is 0. The maximum absolute atomic E-state index is 10.2. The van der Waals surface area contributed by atoms with Crippen LogP contribution in [0.3, 0.4) is 0 Å². The van der Waals surface area contributed by atoms with Gasteiger partial charge in [0.2, 0.25) is 0 Å². The molecule has 1 unspecified atom stereocenters. The van der Waals surface area contributed by atoms with Gasteiger partial charge >= 0.3 is 0 Å². The van der Waals surface area contributed by atoms with E-state index >= 15 is 0 Å². The Labute approximate surface area is 114 Å². The molecule has 0 heterocycles. The zero-order chi connectivity index (χ0) is 13.1. The second kappa shape index (κ2) is 10.6. The Morgan fingerprint density at radius 3 is 2.50 bits per heavy atom. The maximum Gasteiger partial charge on any atom is 0.0750 e. The van der Waals surface area contributed by atoms with Crippen molar-refractivity contribution in [3.05, 3.63) is 11.6 Å². The summed E-state index contributed by atoms with van der Waals surface area (Å²) in [6.45, 7) is 2.26. The van der Waals surface area contributed by atoms with Gasteiger partial charge in [0.05, 0.1) is 6.10 Å². The van der Waals surface area contributed by atoms with Gasteiger partial charge in [0, 0.05) is 0 Å². The minimum atomic E-state index is -0.140. The Morgan fingerprint density at radius 1 is 1.00 bits per heavy atom. The summed E-state index contributed by atoms with van der Waals surface area (Å²) >= 11 is 0. The Morgan fingerprint density at radius 2 is 1.72 bits per heavy atom. The zero-order valence-corrected chi connectivity index (χ0v) is 12.3. The van der Waals surface area contributed by atoms with Crippen LogP contribution in [-0.4, -0.2) is 11.2 Å². The van der Waals surface area contributed by atoms with Crippen LogP contribution in [0, 0.1) is 0 Å². The van der Waals surface area contributed by atoms with Gasteiger partial charge in [0.15, 0.2) is 0 Å². The van der Waals surface area contributed by atoms with Crippen molar-refractivity contribution in [2.75, 3.05) is 0 Å². The van der Waals surface area contributed by atoms with E-state index in [1.54, 1.807) is 0 Å². The minimum Gasteiger partial charge on any atom is -0.389 e. The van der Waals surface area contributed by atoms with Gasteiger partial charge in [-0.05, 0) is 37.7 Å². The number of aliphatic hydroxyl groups excluding tert-OH is 1. The first kappa shape index (κ1) is 15.8. The van der Waals surface area contributed by atoms with E-state index in [9.17, 15) is 5.11 Å². The van der Waals surface area contributed by atoms with E-state index in [0.717, 1.165) is 12.8 Å². The van der Waals surface area contributed by atoms with Gasteiger partial charge in [0.1, 0.15) is 0 Å². The molecule has 1 nitrogen and oxygen atoms in total. The molecule has 0 aliphatic heterocycles. The molecule has 0 saturated heterocycles. The molecule has 0 saturated carbocycles. The van der Waals surface area contributed by atoms with Crippen LogP contribution in [0.15, 0.2) is 11.6 Å². The summed E-state index contributed by atoms with van der Waals surface area (Å²) in [5, 5.41) is 10.2. The van der Waals surface area contributed by atoms with Crippen LogP contribution < -0.4 is 0 Å². The van der Waals surface area contributed by atoms with Crippen molar-refractivity contribution in [3.8, 4) is 0 Å². The third-order valence-electron chi connectivity index (χ3n) is 4.09. The van der Waals surface area contributed by atoms with Crippen LogP contribution in [0.25, 0.3) is 0 Å². The highest BCUT2D eigenvalue weighted by molar-refractivity contribution is 5.09. The van der Waals surface area contributed by atoms with Gasteiger partial charge in [-0.25, -0.2) is 0 Å². The van der Waals surface area contributed by atoms with Gasteiger partial charge in [-0.2, -0.15) is 0 Å². The van der Waals surface area contributed by atoms with E-state index in [1.807, 2.05) is 0 Å². The third kappa shape index (κ3) is 7.20. The summed E-state index contributed by atoms with van der Waals surface area (Å²) in [5.74, 6) is 0. The third-order valence-corrected chi connectivity index (χ3v) is 4.09. The highest BCUT2D eigenvalue weighted by Gasteiger charge is 2.11. The molecule has 1 heteroatoms.